The van der Waals surface area contributed by atoms with Gasteiger partial charge in [0.2, 0.25) is 0 Å². The Morgan fingerprint density at radius 2 is 1.86 bits per heavy atom. The van der Waals surface area contributed by atoms with E-state index < -0.39 is 0 Å². The second-order valence-electron chi connectivity index (χ2n) is 6.65. The third kappa shape index (κ3) is 3.88. The molecule has 0 amide bonds. The van der Waals surface area contributed by atoms with Gasteiger partial charge in [0, 0.05) is 10.4 Å². The minimum Gasteiger partial charge on any atom is -0.310 e. The molecule has 0 spiro atoms. The SMILES string of the molecule is Cc1sc2nc(CNCCc3ccc(F)cc3)[nH]c(=O)c2c1-c1ccccc1. The molecule has 0 bridgehead atoms. The zero-order chi connectivity index (χ0) is 19.5. The van der Waals surface area contributed by atoms with Crippen molar-refractivity contribution in [2.24, 2.45) is 0 Å². The minimum atomic E-state index is -0.229. The maximum atomic E-state index is 12.9. The van der Waals surface area contributed by atoms with Crippen LogP contribution in [-0.2, 0) is 13.0 Å². The number of halogens is 1. The lowest BCUT2D eigenvalue weighted by molar-refractivity contribution is 0.625. The molecule has 0 aliphatic carbocycles. The molecule has 0 radical (unpaired) electrons. The first kappa shape index (κ1) is 18.5. The molecule has 0 fully saturated rings. The van der Waals surface area contributed by atoms with Gasteiger partial charge in [-0.2, -0.15) is 0 Å². The molecule has 2 aromatic carbocycles. The van der Waals surface area contributed by atoms with Crippen LogP contribution in [0.2, 0.25) is 0 Å². The van der Waals surface area contributed by atoms with Crippen molar-refractivity contribution in [2.45, 2.75) is 19.9 Å². The summed E-state index contributed by atoms with van der Waals surface area (Å²) in [5.74, 6) is 0.394. The molecule has 0 atom stereocenters. The highest BCUT2D eigenvalue weighted by Gasteiger charge is 2.16. The Morgan fingerprint density at radius 3 is 2.61 bits per heavy atom. The van der Waals surface area contributed by atoms with Gasteiger partial charge in [-0.05, 0) is 43.1 Å². The molecule has 0 aliphatic rings. The van der Waals surface area contributed by atoms with E-state index in [0.29, 0.717) is 24.3 Å². The molecule has 4 nitrogen and oxygen atoms in total. The summed E-state index contributed by atoms with van der Waals surface area (Å²) in [6, 6.07) is 16.4. The molecule has 0 saturated carbocycles. The number of aryl methyl sites for hydroxylation is 1. The van der Waals surface area contributed by atoms with E-state index in [1.54, 1.807) is 23.5 Å². The van der Waals surface area contributed by atoms with E-state index in [4.69, 9.17) is 0 Å². The van der Waals surface area contributed by atoms with Crippen molar-refractivity contribution in [2.75, 3.05) is 6.54 Å². The molecule has 2 heterocycles. The zero-order valence-electron chi connectivity index (χ0n) is 15.5. The average molecular weight is 393 g/mol. The first-order valence-corrected chi connectivity index (χ1v) is 9.96. The van der Waals surface area contributed by atoms with Gasteiger partial charge in [0.15, 0.2) is 0 Å². The Bertz CT molecular complexity index is 1150. The predicted molar refractivity (Wildman–Crippen MR) is 112 cm³/mol. The Labute approximate surface area is 166 Å². The molecule has 4 rings (SSSR count). The van der Waals surface area contributed by atoms with E-state index in [-0.39, 0.29) is 11.4 Å². The number of hydrogen-bond donors (Lipinski definition) is 2. The van der Waals surface area contributed by atoms with Crippen LogP contribution in [0.3, 0.4) is 0 Å². The van der Waals surface area contributed by atoms with E-state index in [2.05, 4.69) is 15.3 Å². The Balaban J connectivity index is 1.50. The smallest absolute Gasteiger partial charge is 0.260 e. The molecule has 0 aliphatic heterocycles. The van der Waals surface area contributed by atoms with E-state index in [1.165, 1.54) is 12.1 Å². The van der Waals surface area contributed by atoms with Gasteiger partial charge >= 0.3 is 0 Å². The molecular weight excluding hydrogens is 373 g/mol. The number of H-pyrrole nitrogens is 1. The van der Waals surface area contributed by atoms with Crippen molar-refractivity contribution in [1.29, 1.82) is 0 Å². The van der Waals surface area contributed by atoms with Crippen molar-refractivity contribution >= 4 is 21.6 Å². The molecule has 6 heteroatoms. The summed E-state index contributed by atoms with van der Waals surface area (Å²) < 4.78 is 12.9. The Hall–Kier alpha value is -2.83. The summed E-state index contributed by atoms with van der Waals surface area (Å²) in [4.78, 5) is 22.1. The van der Waals surface area contributed by atoms with Crippen LogP contribution < -0.4 is 10.9 Å². The quantitative estimate of drug-likeness (QED) is 0.477. The Kier molecular flexibility index (Phi) is 5.32. The van der Waals surface area contributed by atoms with Gasteiger partial charge in [-0.25, -0.2) is 9.37 Å². The van der Waals surface area contributed by atoms with E-state index in [9.17, 15) is 9.18 Å². The summed E-state index contributed by atoms with van der Waals surface area (Å²) in [5, 5.41) is 3.94. The fraction of sp³-hybridized carbons (Fsp3) is 0.182. The molecule has 28 heavy (non-hydrogen) atoms. The van der Waals surface area contributed by atoms with E-state index >= 15 is 0 Å². The number of aromatic amines is 1. The molecular formula is C22H20FN3OS. The van der Waals surface area contributed by atoms with Gasteiger partial charge in [-0.3, -0.25) is 4.79 Å². The summed E-state index contributed by atoms with van der Waals surface area (Å²) in [6.07, 6.45) is 0.781. The van der Waals surface area contributed by atoms with Crippen LogP contribution in [0.5, 0.6) is 0 Å². The first-order valence-electron chi connectivity index (χ1n) is 9.14. The van der Waals surface area contributed by atoms with Crippen molar-refractivity contribution in [3.8, 4) is 11.1 Å². The molecule has 2 aromatic heterocycles. The maximum Gasteiger partial charge on any atom is 0.260 e. The van der Waals surface area contributed by atoms with Crippen molar-refractivity contribution in [3.05, 3.63) is 87.0 Å². The van der Waals surface area contributed by atoms with E-state index in [1.807, 2.05) is 37.3 Å². The van der Waals surface area contributed by atoms with Gasteiger partial charge in [-0.15, -0.1) is 11.3 Å². The first-order chi connectivity index (χ1) is 13.6. The number of nitrogens with one attached hydrogen (secondary N) is 2. The summed E-state index contributed by atoms with van der Waals surface area (Å²) >= 11 is 1.54. The van der Waals surface area contributed by atoms with Crippen LogP contribution in [0.25, 0.3) is 21.3 Å². The number of aromatic nitrogens is 2. The van der Waals surface area contributed by atoms with Crippen molar-refractivity contribution in [3.63, 3.8) is 0 Å². The highest BCUT2D eigenvalue weighted by atomic mass is 32.1. The lowest BCUT2D eigenvalue weighted by atomic mass is 10.0. The van der Waals surface area contributed by atoms with Gasteiger partial charge in [0.25, 0.3) is 5.56 Å². The third-order valence-corrected chi connectivity index (χ3v) is 5.64. The maximum absolute atomic E-state index is 12.9. The fourth-order valence-corrected chi connectivity index (χ4v) is 4.35. The van der Waals surface area contributed by atoms with Crippen molar-refractivity contribution in [1.82, 2.24) is 15.3 Å². The predicted octanol–water partition coefficient (Wildman–Crippen LogP) is 4.43. The lowest BCUT2D eigenvalue weighted by Crippen LogP contribution is -2.21. The fourth-order valence-electron chi connectivity index (χ4n) is 3.29. The lowest BCUT2D eigenvalue weighted by Gasteiger charge is -2.05. The topological polar surface area (TPSA) is 57.8 Å². The Morgan fingerprint density at radius 1 is 1.11 bits per heavy atom. The summed E-state index contributed by atoms with van der Waals surface area (Å²) in [5.41, 5.74) is 2.95. The van der Waals surface area contributed by atoms with Crippen molar-refractivity contribution < 1.29 is 4.39 Å². The second kappa shape index (κ2) is 8.04. The highest BCUT2D eigenvalue weighted by molar-refractivity contribution is 7.19. The molecule has 2 N–H and O–H groups in total. The minimum absolute atomic E-state index is 0.108. The molecule has 0 unspecified atom stereocenters. The summed E-state index contributed by atoms with van der Waals surface area (Å²) in [6.45, 7) is 3.21. The number of benzene rings is 2. The van der Waals surface area contributed by atoms with Crippen LogP contribution in [0.15, 0.2) is 59.4 Å². The highest BCUT2D eigenvalue weighted by Crippen LogP contribution is 2.35. The number of fused-ring (bicyclic) bond motifs is 1. The zero-order valence-corrected chi connectivity index (χ0v) is 16.3. The van der Waals surface area contributed by atoms with Crippen LogP contribution >= 0.6 is 11.3 Å². The number of thiophene rings is 1. The molecule has 4 aromatic rings. The second-order valence-corrected chi connectivity index (χ2v) is 7.85. The van der Waals surface area contributed by atoms with Crippen LogP contribution in [-0.4, -0.2) is 16.5 Å². The van der Waals surface area contributed by atoms with Gasteiger partial charge < -0.3 is 10.3 Å². The number of nitrogens with zero attached hydrogens (tertiary/aromatic N) is 1. The average Bonchev–Trinajstić information content (AvgIpc) is 3.03. The standard InChI is InChI=1S/C22H20FN3OS/c1-14-19(16-5-3-2-4-6-16)20-21(27)25-18(26-22(20)28-14)13-24-12-11-15-7-9-17(23)10-8-15/h2-10,24H,11-13H2,1H3,(H,25,26,27). The van der Waals surface area contributed by atoms with Gasteiger partial charge in [0.05, 0.1) is 11.9 Å². The number of rotatable bonds is 6. The molecule has 0 saturated heterocycles. The number of hydrogen-bond acceptors (Lipinski definition) is 4. The van der Waals surface area contributed by atoms with Crippen LogP contribution in [0.4, 0.5) is 4.39 Å². The normalized spacial score (nSPS) is 11.2. The van der Waals surface area contributed by atoms with Gasteiger partial charge in [-0.1, -0.05) is 42.5 Å². The summed E-state index contributed by atoms with van der Waals surface area (Å²) in [7, 11) is 0. The van der Waals surface area contributed by atoms with E-state index in [0.717, 1.165) is 32.8 Å². The van der Waals surface area contributed by atoms with Gasteiger partial charge in [0.1, 0.15) is 16.5 Å². The largest absolute Gasteiger partial charge is 0.310 e. The van der Waals surface area contributed by atoms with Crippen LogP contribution in [0, 0.1) is 12.7 Å². The third-order valence-electron chi connectivity index (χ3n) is 4.65. The van der Waals surface area contributed by atoms with Crippen LogP contribution in [0.1, 0.15) is 16.3 Å². The monoisotopic (exact) mass is 393 g/mol. The molecule has 142 valence electrons.